The smallest absolute Gasteiger partial charge is 0.339 e. The number of anilines is 1. The second-order valence-corrected chi connectivity index (χ2v) is 7.54. The van der Waals surface area contributed by atoms with Gasteiger partial charge in [-0.05, 0) is 51.1 Å². The molecule has 0 fully saturated rings. The number of aromatic nitrogens is 1. The Morgan fingerprint density at radius 3 is 2.61 bits per heavy atom. The molecule has 0 unspecified atom stereocenters. The van der Waals surface area contributed by atoms with E-state index in [2.05, 4.69) is 10.5 Å². The first kappa shape index (κ1) is 22.7. The van der Waals surface area contributed by atoms with Gasteiger partial charge >= 0.3 is 5.97 Å². The number of nitrogens with zero attached hydrogens (tertiary/aromatic N) is 1. The van der Waals surface area contributed by atoms with E-state index in [4.69, 9.17) is 37.2 Å². The number of esters is 1. The Morgan fingerprint density at radius 1 is 1.16 bits per heavy atom. The van der Waals surface area contributed by atoms with Gasteiger partial charge in [0.15, 0.2) is 6.10 Å². The van der Waals surface area contributed by atoms with Gasteiger partial charge in [0.05, 0.1) is 32.6 Å². The normalized spacial score (nSPS) is 11.6. The minimum atomic E-state index is -1.06. The summed E-state index contributed by atoms with van der Waals surface area (Å²) < 4.78 is 16.1. The van der Waals surface area contributed by atoms with E-state index in [1.165, 1.54) is 6.92 Å². The van der Waals surface area contributed by atoms with E-state index < -0.39 is 18.0 Å². The molecule has 162 valence electrons. The number of halogens is 2. The molecule has 1 aromatic heterocycles. The van der Waals surface area contributed by atoms with Crippen molar-refractivity contribution in [1.82, 2.24) is 5.16 Å². The molecule has 1 N–H and O–H groups in total. The molecule has 1 heterocycles. The van der Waals surface area contributed by atoms with Crippen molar-refractivity contribution >= 4 is 40.8 Å². The van der Waals surface area contributed by atoms with Gasteiger partial charge in [0.25, 0.3) is 5.91 Å². The van der Waals surface area contributed by atoms with E-state index in [0.29, 0.717) is 22.2 Å². The van der Waals surface area contributed by atoms with Crippen LogP contribution in [0.2, 0.25) is 10.0 Å². The lowest BCUT2D eigenvalue weighted by atomic mass is 10.2. The largest absolute Gasteiger partial charge is 0.489 e. The third-order valence-electron chi connectivity index (χ3n) is 4.50. The van der Waals surface area contributed by atoms with E-state index in [-0.39, 0.29) is 17.2 Å². The summed E-state index contributed by atoms with van der Waals surface area (Å²) in [4.78, 5) is 24.9. The van der Waals surface area contributed by atoms with Crippen molar-refractivity contribution in [2.75, 3.05) is 5.32 Å². The fourth-order valence-corrected chi connectivity index (χ4v) is 3.04. The maximum atomic E-state index is 12.5. The Bertz CT molecular complexity index is 1090. The van der Waals surface area contributed by atoms with Crippen LogP contribution in [0.15, 0.2) is 47.0 Å². The molecule has 0 spiro atoms. The van der Waals surface area contributed by atoms with Crippen LogP contribution in [-0.2, 0) is 16.1 Å². The molecule has 0 bridgehead atoms. The molecule has 0 saturated heterocycles. The van der Waals surface area contributed by atoms with Gasteiger partial charge in [0, 0.05) is 0 Å². The van der Waals surface area contributed by atoms with Crippen molar-refractivity contribution in [3.8, 4) is 5.75 Å². The maximum absolute atomic E-state index is 12.5. The topological polar surface area (TPSA) is 90.7 Å². The summed E-state index contributed by atoms with van der Waals surface area (Å²) >= 11 is 12.0. The molecule has 2 aromatic carbocycles. The fraction of sp³-hybridized carbons (Fsp3) is 0.227. The molecule has 0 aliphatic heterocycles. The van der Waals surface area contributed by atoms with Crippen LogP contribution in [-0.4, -0.2) is 23.1 Å². The molecule has 31 heavy (non-hydrogen) atoms. The third-order valence-corrected chi connectivity index (χ3v) is 5.32. The van der Waals surface area contributed by atoms with Crippen molar-refractivity contribution in [3.63, 3.8) is 0 Å². The Labute approximate surface area is 189 Å². The van der Waals surface area contributed by atoms with E-state index in [1.807, 2.05) is 6.92 Å². The highest BCUT2D eigenvalue weighted by Gasteiger charge is 2.21. The molecule has 0 saturated carbocycles. The van der Waals surface area contributed by atoms with Gasteiger partial charge in [-0.15, -0.1) is 0 Å². The molecular formula is C22H20Cl2N2O5. The van der Waals surface area contributed by atoms with Gasteiger partial charge in [0.1, 0.15) is 18.1 Å². The van der Waals surface area contributed by atoms with Crippen LogP contribution >= 0.6 is 23.2 Å². The first-order chi connectivity index (χ1) is 14.8. The Hall–Kier alpha value is -3.03. The quantitative estimate of drug-likeness (QED) is 0.475. The van der Waals surface area contributed by atoms with Gasteiger partial charge in [-0.2, -0.15) is 0 Å². The number of ether oxygens (including phenoxy) is 2. The number of carbonyl (C=O) groups excluding carboxylic acids is 2. The summed E-state index contributed by atoms with van der Waals surface area (Å²) in [6, 6.07) is 11.3. The molecular weight excluding hydrogens is 443 g/mol. The molecule has 1 amide bonds. The Morgan fingerprint density at radius 2 is 1.90 bits per heavy atom. The number of aryl methyl sites for hydroxylation is 2. The van der Waals surface area contributed by atoms with Crippen molar-refractivity contribution < 1.29 is 23.6 Å². The standard InChI is InChI=1S/C22H20Cl2N2O5/c1-12-17(13(2)31-26-12)11-29-16-7-4-6-15(10-16)22(28)30-14(3)21(27)25-19-9-5-8-18(23)20(19)24/h4-10,14H,11H2,1-3H3,(H,25,27)/t14-/m1/s1. The molecule has 3 aromatic rings. The molecule has 3 rings (SSSR count). The number of hydrogen-bond donors (Lipinski definition) is 1. The number of nitrogens with one attached hydrogen (secondary N) is 1. The lowest BCUT2D eigenvalue weighted by Crippen LogP contribution is -2.30. The van der Waals surface area contributed by atoms with Gasteiger partial charge < -0.3 is 19.3 Å². The van der Waals surface area contributed by atoms with Gasteiger partial charge in [-0.1, -0.05) is 40.5 Å². The first-order valence-corrected chi connectivity index (χ1v) is 10.1. The lowest BCUT2D eigenvalue weighted by Gasteiger charge is -2.15. The van der Waals surface area contributed by atoms with Crippen molar-refractivity contribution in [2.24, 2.45) is 0 Å². The van der Waals surface area contributed by atoms with E-state index in [1.54, 1.807) is 49.4 Å². The molecule has 1 atom stereocenters. The van der Waals surface area contributed by atoms with Gasteiger partial charge in [0.2, 0.25) is 0 Å². The summed E-state index contributed by atoms with van der Waals surface area (Å²) in [7, 11) is 0. The summed E-state index contributed by atoms with van der Waals surface area (Å²) in [6.45, 7) is 5.34. The molecule has 0 aliphatic carbocycles. The van der Waals surface area contributed by atoms with Crippen LogP contribution in [0.4, 0.5) is 5.69 Å². The third kappa shape index (κ3) is 5.57. The minimum absolute atomic E-state index is 0.208. The molecule has 7 nitrogen and oxygen atoms in total. The average Bonchev–Trinajstić information content (AvgIpc) is 3.07. The van der Waals surface area contributed by atoms with E-state index in [9.17, 15) is 9.59 Å². The summed E-state index contributed by atoms with van der Waals surface area (Å²) in [5, 5.41) is 6.99. The summed E-state index contributed by atoms with van der Waals surface area (Å²) in [5.74, 6) is -0.0593. The predicted molar refractivity (Wildman–Crippen MR) is 117 cm³/mol. The zero-order valence-electron chi connectivity index (χ0n) is 17.1. The lowest BCUT2D eigenvalue weighted by molar-refractivity contribution is -0.123. The SMILES string of the molecule is Cc1noc(C)c1COc1cccc(C(=O)O[C@H](C)C(=O)Nc2cccc(Cl)c2Cl)c1. The number of benzene rings is 2. The van der Waals surface area contributed by atoms with Crippen molar-refractivity contribution in [1.29, 1.82) is 0 Å². The monoisotopic (exact) mass is 462 g/mol. The van der Waals surface area contributed by atoms with Crippen LogP contribution in [0, 0.1) is 13.8 Å². The highest BCUT2D eigenvalue weighted by atomic mass is 35.5. The average molecular weight is 463 g/mol. The summed E-state index contributed by atoms with van der Waals surface area (Å²) in [5.41, 5.74) is 2.17. The molecule has 0 aliphatic rings. The summed E-state index contributed by atoms with van der Waals surface area (Å²) in [6.07, 6.45) is -1.06. The predicted octanol–water partition coefficient (Wildman–Crippen LogP) is 5.36. The van der Waals surface area contributed by atoms with E-state index >= 15 is 0 Å². The molecule has 9 heteroatoms. The van der Waals surface area contributed by atoms with Crippen LogP contribution in [0.5, 0.6) is 5.75 Å². The van der Waals surface area contributed by atoms with Crippen LogP contribution in [0.1, 0.15) is 34.3 Å². The Balaban J connectivity index is 1.61. The highest BCUT2D eigenvalue weighted by molar-refractivity contribution is 6.44. The van der Waals surface area contributed by atoms with Gasteiger partial charge in [-0.25, -0.2) is 4.79 Å². The highest BCUT2D eigenvalue weighted by Crippen LogP contribution is 2.29. The number of hydrogen-bond acceptors (Lipinski definition) is 6. The second-order valence-electron chi connectivity index (χ2n) is 6.76. The maximum Gasteiger partial charge on any atom is 0.339 e. The van der Waals surface area contributed by atoms with Gasteiger partial charge in [-0.3, -0.25) is 4.79 Å². The molecule has 0 radical (unpaired) electrons. The number of rotatable bonds is 7. The second kappa shape index (κ2) is 9.85. The minimum Gasteiger partial charge on any atom is -0.489 e. The van der Waals surface area contributed by atoms with E-state index in [0.717, 1.165) is 11.3 Å². The van der Waals surface area contributed by atoms with Crippen LogP contribution in [0.3, 0.4) is 0 Å². The Kier molecular flexibility index (Phi) is 7.20. The number of carbonyl (C=O) groups is 2. The van der Waals surface area contributed by atoms with Crippen molar-refractivity contribution in [2.45, 2.75) is 33.5 Å². The van der Waals surface area contributed by atoms with Crippen LogP contribution in [0.25, 0.3) is 0 Å². The van der Waals surface area contributed by atoms with Crippen LogP contribution < -0.4 is 10.1 Å². The zero-order chi connectivity index (χ0) is 22.5. The van der Waals surface area contributed by atoms with Crippen molar-refractivity contribution in [3.05, 3.63) is 75.1 Å². The zero-order valence-corrected chi connectivity index (χ0v) is 18.6. The fourth-order valence-electron chi connectivity index (χ4n) is 2.69. The number of amides is 1. The first-order valence-electron chi connectivity index (χ1n) is 9.36.